The molecule has 1 amide bonds. The molecular formula is C22H21FN2O4. The number of piperidine rings is 1. The number of halogens is 1. The van der Waals surface area contributed by atoms with E-state index in [9.17, 15) is 14.0 Å². The van der Waals surface area contributed by atoms with Gasteiger partial charge >= 0.3 is 5.63 Å². The second kappa shape index (κ2) is 8.34. The summed E-state index contributed by atoms with van der Waals surface area (Å²) >= 11 is 0. The third-order valence-corrected chi connectivity index (χ3v) is 5.02. The third kappa shape index (κ3) is 4.74. The summed E-state index contributed by atoms with van der Waals surface area (Å²) < 4.78 is 23.7. The van der Waals surface area contributed by atoms with Crippen molar-refractivity contribution in [3.8, 4) is 5.75 Å². The molecule has 0 radical (unpaired) electrons. The zero-order chi connectivity index (χ0) is 20.2. The van der Waals surface area contributed by atoms with Crippen molar-refractivity contribution in [3.63, 3.8) is 0 Å². The fourth-order valence-corrected chi connectivity index (χ4v) is 3.48. The predicted octanol–water partition coefficient (Wildman–Crippen LogP) is 3.10. The molecular weight excluding hydrogens is 375 g/mol. The molecule has 0 saturated carbocycles. The molecule has 1 aliphatic heterocycles. The van der Waals surface area contributed by atoms with Crippen LogP contribution in [0.4, 0.5) is 10.1 Å². The highest BCUT2D eigenvalue weighted by Gasteiger charge is 2.21. The number of nitrogens with one attached hydrogen (secondary N) is 1. The van der Waals surface area contributed by atoms with E-state index >= 15 is 0 Å². The largest absolute Gasteiger partial charge is 0.484 e. The minimum Gasteiger partial charge on any atom is -0.484 e. The molecule has 4 rings (SSSR count). The van der Waals surface area contributed by atoms with Gasteiger partial charge in [0, 0.05) is 42.3 Å². The lowest BCUT2D eigenvalue weighted by Gasteiger charge is -2.34. The Bertz CT molecular complexity index is 1060. The van der Waals surface area contributed by atoms with Crippen LogP contribution in [0.1, 0.15) is 12.8 Å². The van der Waals surface area contributed by atoms with Gasteiger partial charge in [-0.3, -0.25) is 4.79 Å². The van der Waals surface area contributed by atoms with Gasteiger partial charge in [0.05, 0.1) is 0 Å². The molecule has 1 aromatic heterocycles. The maximum absolute atomic E-state index is 13.1. The van der Waals surface area contributed by atoms with Gasteiger partial charge in [0.2, 0.25) is 0 Å². The Balaban J connectivity index is 1.26. The van der Waals surface area contributed by atoms with E-state index in [0.29, 0.717) is 11.3 Å². The highest BCUT2D eigenvalue weighted by atomic mass is 19.1. The van der Waals surface area contributed by atoms with Crippen LogP contribution in [0, 0.1) is 5.82 Å². The van der Waals surface area contributed by atoms with E-state index in [4.69, 9.17) is 9.15 Å². The normalized spacial score (nSPS) is 14.7. The third-order valence-electron chi connectivity index (χ3n) is 5.02. The highest BCUT2D eigenvalue weighted by Crippen LogP contribution is 2.21. The summed E-state index contributed by atoms with van der Waals surface area (Å²) in [6, 6.07) is 14.7. The number of anilines is 1. The van der Waals surface area contributed by atoms with E-state index in [1.807, 2.05) is 0 Å². The Morgan fingerprint density at radius 1 is 1.10 bits per heavy atom. The van der Waals surface area contributed by atoms with Crippen LogP contribution < -0.4 is 20.6 Å². The molecule has 0 aliphatic carbocycles. The lowest BCUT2D eigenvalue weighted by atomic mass is 10.0. The van der Waals surface area contributed by atoms with Crippen molar-refractivity contribution in [2.45, 2.75) is 18.9 Å². The van der Waals surface area contributed by atoms with Gasteiger partial charge < -0.3 is 19.4 Å². The van der Waals surface area contributed by atoms with Crippen LogP contribution in [0.15, 0.2) is 63.8 Å². The topological polar surface area (TPSA) is 71.8 Å². The van der Waals surface area contributed by atoms with Crippen molar-refractivity contribution in [3.05, 3.63) is 70.8 Å². The number of ether oxygens (including phenoxy) is 1. The van der Waals surface area contributed by atoms with Crippen LogP contribution in [-0.2, 0) is 4.79 Å². The van der Waals surface area contributed by atoms with Gasteiger partial charge in [0.25, 0.3) is 5.91 Å². The summed E-state index contributed by atoms with van der Waals surface area (Å²) in [6.45, 7) is 1.48. The van der Waals surface area contributed by atoms with Crippen LogP contribution in [0.5, 0.6) is 5.75 Å². The molecule has 1 saturated heterocycles. The number of benzene rings is 2. The molecule has 1 fully saturated rings. The number of nitrogens with zero attached hydrogens (tertiary/aromatic N) is 1. The Morgan fingerprint density at radius 2 is 1.83 bits per heavy atom. The predicted molar refractivity (Wildman–Crippen MR) is 108 cm³/mol. The molecule has 7 heteroatoms. The molecule has 6 nitrogen and oxygen atoms in total. The summed E-state index contributed by atoms with van der Waals surface area (Å²) in [4.78, 5) is 25.7. The van der Waals surface area contributed by atoms with E-state index in [1.165, 1.54) is 18.2 Å². The molecule has 3 aromatic rings. The van der Waals surface area contributed by atoms with Gasteiger partial charge in [0.1, 0.15) is 17.1 Å². The van der Waals surface area contributed by atoms with E-state index < -0.39 is 5.63 Å². The first kappa shape index (κ1) is 19.0. The average Bonchev–Trinajstić information content (AvgIpc) is 2.73. The molecule has 1 aliphatic rings. The van der Waals surface area contributed by atoms with Crippen molar-refractivity contribution in [1.29, 1.82) is 0 Å². The second-order valence-corrected chi connectivity index (χ2v) is 7.05. The quantitative estimate of drug-likeness (QED) is 0.671. The van der Waals surface area contributed by atoms with Crippen molar-refractivity contribution in [1.82, 2.24) is 5.32 Å². The van der Waals surface area contributed by atoms with Gasteiger partial charge in [-0.25, -0.2) is 9.18 Å². The molecule has 0 spiro atoms. The van der Waals surface area contributed by atoms with E-state index in [-0.39, 0.29) is 24.4 Å². The zero-order valence-corrected chi connectivity index (χ0v) is 15.8. The molecule has 0 atom stereocenters. The maximum Gasteiger partial charge on any atom is 0.336 e. The standard InChI is InChI=1S/C22H21FN2O4/c23-16-3-5-18(6-4-16)25-11-9-17(10-12-25)24-21(26)14-28-19-7-1-15-2-8-22(27)29-20(15)13-19/h1-8,13,17H,9-12,14H2,(H,24,26). The number of rotatable bonds is 5. The highest BCUT2D eigenvalue weighted by molar-refractivity contribution is 5.79. The van der Waals surface area contributed by atoms with Crippen LogP contribution in [0.3, 0.4) is 0 Å². The van der Waals surface area contributed by atoms with Crippen molar-refractivity contribution < 1.29 is 18.3 Å². The lowest BCUT2D eigenvalue weighted by molar-refractivity contribution is -0.123. The summed E-state index contributed by atoms with van der Waals surface area (Å²) in [7, 11) is 0. The van der Waals surface area contributed by atoms with Crippen LogP contribution in [0.2, 0.25) is 0 Å². The minimum atomic E-state index is -0.431. The summed E-state index contributed by atoms with van der Waals surface area (Å²) in [5.74, 6) is 0.0254. The minimum absolute atomic E-state index is 0.0809. The first-order valence-electron chi connectivity index (χ1n) is 9.53. The van der Waals surface area contributed by atoms with E-state index in [0.717, 1.165) is 37.0 Å². The number of carbonyl (C=O) groups is 1. The van der Waals surface area contributed by atoms with Crippen molar-refractivity contribution in [2.75, 3.05) is 24.6 Å². The van der Waals surface area contributed by atoms with E-state index in [1.54, 1.807) is 36.4 Å². The molecule has 2 heterocycles. The molecule has 2 aromatic carbocycles. The van der Waals surface area contributed by atoms with Crippen LogP contribution >= 0.6 is 0 Å². The van der Waals surface area contributed by atoms with Gasteiger partial charge in [-0.15, -0.1) is 0 Å². The Kier molecular flexibility index (Phi) is 5.46. The molecule has 0 unspecified atom stereocenters. The summed E-state index contributed by atoms with van der Waals surface area (Å²) in [6.07, 6.45) is 1.62. The maximum atomic E-state index is 13.1. The Labute approximate surface area is 166 Å². The summed E-state index contributed by atoms with van der Waals surface area (Å²) in [5, 5.41) is 3.78. The second-order valence-electron chi connectivity index (χ2n) is 7.05. The van der Waals surface area contributed by atoms with Gasteiger partial charge in [-0.1, -0.05) is 0 Å². The first-order chi connectivity index (χ1) is 14.1. The Hall–Kier alpha value is -3.35. The number of amides is 1. The average molecular weight is 396 g/mol. The van der Waals surface area contributed by atoms with Crippen LogP contribution in [0.25, 0.3) is 11.0 Å². The van der Waals surface area contributed by atoms with Gasteiger partial charge in [0.15, 0.2) is 6.61 Å². The molecule has 0 bridgehead atoms. The number of fused-ring (bicyclic) bond motifs is 1. The number of hydrogen-bond donors (Lipinski definition) is 1. The first-order valence-corrected chi connectivity index (χ1v) is 9.53. The smallest absolute Gasteiger partial charge is 0.336 e. The molecule has 29 heavy (non-hydrogen) atoms. The fraction of sp³-hybridized carbons (Fsp3) is 0.273. The van der Waals surface area contributed by atoms with Gasteiger partial charge in [-0.05, 0) is 55.3 Å². The molecule has 150 valence electrons. The van der Waals surface area contributed by atoms with Crippen LogP contribution in [-0.4, -0.2) is 31.6 Å². The monoisotopic (exact) mass is 396 g/mol. The Morgan fingerprint density at radius 3 is 2.59 bits per heavy atom. The number of hydrogen-bond acceptors (Lipinski definition) is 5. The van der Waals surface area contributed by atoms with Crippen molar-refractivity contribution in [2.24, 2.45) is 0 Å². The fourth-order valence-electron chi connectivity index (χ4n) is 3.48. The summed E-state index contributed by atoms with van der Waals surface area (Å²) in [5.41, 5.74) is 0.977. The zero-order valence-electron chi connectivity index (χ0n) is 15.8. The SMILES string of the molecule is O=C(COc1ccc2ccc(=O)oc2c1)NC1CCN(c2ccc(F)cc2)CC1. The molecule has 1 N–H and O–H groups in total. The number of carbonyl (C=O) groups excluding carboxylic acids is 1. The van der Waals surface area contributed by atoms with E-state index in [2.05, 4.69) is 10.2 Å². The lowest BCUT2D eigenvalue weighted by Crippen LogP contribution is -2.46. The van der Waals surface area contributed by atoms with Crippen molar-refractivity contribution >= 4 is 22.6 Å². The van der Waals surface area contributed by atoms with Gasteiger partial charge in [-0.2, -0.15) is 0 Å².